The number of nitrogens with one attached hydrogen (secondary N) is 2. The van der Waals surface area contributed by atoms with Gasteiger partial charge in [0.25, 0.3) is 0 Å². The van der Waals surface area contributed by atoms with Gasteiger partial charge in [-0.1, -0.05) is 12.1 Å². The van der Waals surface area contributed by atoms with Crippen molar-refractivity contribution in [3.63, 3.8) is 0 Å². The molecule has 5 heteroatoms. The van der Waals surface area contributed by atoms with Gasteiger partial charge in [0.15, 0.2) is 0 Å². The van der Waals surface area contributed by atoms with E-state index in [1.54, 1.807) is 30.5 Å². The van der Waals surface area contributed by atoms with E-state index in [9.17, 15) is 9.59 Å². The van der Waals surface area contributed by atoms with Crippen molar-refractivity contribution >= 4 is 17.7 Å². The van der Waals surface area contributed by atoms with Gasteiger partial charge in [-0.3, -0.25) is 0 Å². The Morgan fingerprint density at radius 1 is 1.37 bits per heavy atom. The van der Waals surface area contributed by atoms with Crippen molar-refractivity contribution in [1.29, 1.82) is 0 Å². The molecule has 1 aliphatic rings. The summed E-state index contributed by atoms with van der Waals surface area (Å²) in [5.74, 6) is 0.181. The largest absolute Gasteiger partial charge is 0.465 e. The summed E-state index contributed by atoms with van der Waals surface area (Å²) < 4.78 is 4.62. The zero-order chi connectivity index (χ0) is 13.7. The smallest absolute Gasteiger partial charge is 0.337 e. The van der Waals surface area contributed by atoms with Crippen LogP contribution in [0.4, 0.5) is 10.5 Å². The summed E-state index contributed by atoms with van der Waals surface area (Å²) in [6, 6.07) is 6.25. The summed E-state index contributed by atoms with van der Waals surface area (Å²) in [7, 11) is 1.32. The quantitative estimate of drug-likeness (QED) is 0.817. The Morgan fingerprint density at radius 2 is 2.16 bits per heavy atom. The number of methoxy groups -OCH3 is 1. The number of hydrogen-bond acceptors (Lipinski definition) is 3. The van der Waals surface area contributed by atoms with Gasteiger partial charge in [-0.25, -0.2) is 9.59 Å². The molecule has 19 heavy (non-hydrogen) atoms. The zero-order valence-corrected chi connectivity index (χ0v) is 10.7. The second-order valence-electron chi connectivity index (χ2n) is 4.37. The van der Waals surface area contributed by atoms with Gasteiger partial charge in [-0.2, -0.15) is 0 Å². The van der Waals surface area contributed by atoms with E-state index in [1.807, 2.05) is 6.08 Å². The number of carbonyl (C=O) groups is 2. The van der Waals surface area contributed by atoms with Gasteiger partial charge in [-0.15, -0.1) is 0 Å². The summed E-state index contributed by atoms with van der Waals surface area (Å²) in [6.45, 7) is 0. The van der Waals surface area contributed by atoms with Crippen molar-refractivity contribution in [3.8, 4) is 0 Å². The van der Waals surface area contributed by atoms with E-state index in [2.05, 4.69) is 15.4 Å². The Labute approximate surface area is 111 Å². The van der Waals surface area contributed by atoms with Crippen LogP contribution in [0.2, 0.25) is 0 Å². The number of ether oxygens (including phenoxy) is 1. The van der Waals surface area contributed by atoms with Gasteiger partial charge in [0.2, 0.25) is 0 Å². The minimum absolute atomic E-state index is 0.334. The van der Waals surface area contributed by atoms with Crippen LogP contribution in [-0.4, -0.2) is 19.1 Å². The van der Waals surface area contributed by atoms with Crippen molar-refractivity contribution in [2.45, 2.75) is 12.8 Å². The number of hydrogen-bond donors (Lipinski definition) is 2. The Hall–Kier alpha value is -2.30. The third-order valence-corrected chi connectivity index (χ3v) is 2.75. The fourth-order valence-electron chi connectivity index (χ4n) is 1.56. The lowest BCUT2D eigenvalue weighted by molar-refractivity contribution is 0.0600. The van der Waals surface area contributed by atoms with Crippen molar-refractivity contribution in [2.75, 3.05) is 12.4 Å². The third kappa shape index (κ3) is 4.13. The number of amides is 2. The van der Waals surface area contributed by atoms with Gasteiger partial charge in [0.05, 0.1) is 12.7 Å². The van der Waals surface area contributed by atoms with Gasteiger partial charge in [-0.05, 0) is 37.0 Å². The molecule has 0 atom stereocenters. The molecule has 0 saturated heterocycles. The molecule has 0 bridgehead atoms. The van der Waals surface area contributed by atoms with Crippen LogP contribution >= 0.6 is 0 Å². The first-order valence-corrected chi connectivity index (χ1v) is 6.11. The summed E-state index contributed by atoms with van der Waals surface area (Å²) in [5, 5.41) is 5.26. The predicted molar refractivity (Wildman–Crippen MR) is 71.8 cm³/mol. The Balaban J connectivity index is 1.90. The number of allylic oxidation sites excluding steroid dienone is 1. The van der Waals surface area contributed by atoms with Crippen LogP contribution in [0, 0.1) is 5.92 Å². The molecular formula is C14H16N2O3. The normalized spacial score (nSPS) is 14.2. The van der Waals surface area contributed by atoms with E-state index in [4.69, 9.17) is 0 Å². The van der Waals surface area contributed by atoms with Crippen LogP contribution in [0.15, 0.2) is 36.5 Å². The molecule has 100 valence electrons. The highest BCUT2D eigenvalue weighted by molar-refractivity contribution is 5.94. The minimum atomic E-state index is -0.433. The molecule has 2 amide bonds. The molecule has 1 aliphatic carbocycles. The number of esters is 1. The highest BCUT2D eigenvalue weighted by atomic mass is 16.5. The first kappa shape index (κ1) is 13.1. The standard InChI is InChI=1S/C14H16N2O3/c1-19-13(17)11-3-2-4-12(9-11)16-14(18)15-8-7-10-5-6-10/h2-4,7-10H,5-6H2,1H3,(H2,15,16,18)/b8-7+. The lowest BCUT2D eigenvalue weighted by Gasteiger charge is -2.06. The summed E-state index contributed by atoms with van der Waals surface area (Å²) in [6.07, 6.45) is 6.02. The average molecular weight is 260 g/mol. The van der Waals surface area contributed by atoms with Crippen molar-refractivity contribution in [3.05, 3.63) is 42.1 Å². The number of urea groups is 1. The van der Waals surface area contributed by atoms with Crippen molar-refractivity contribution < 1.29 is 14.3 Å². The first-order valence-electron chi connectivity index (χ1n) is 6.11. The SMILES string of the molecule is COC(=O)c1cccc(NC(=O)N/C=C/C2CC2)c1. The maximum Gasteiger partial charge on any atom is 0.337 e. The van der Waals surface area contributed by atoms with E-state index in [0.717, 1.165) is 0 Å². The number of anilines is 1. The topological polar surface area (TPSA) is 67.4 Å². The fraction of sp³-hybridized carbons (Fsp3) is 0.286. The van der Waals surface area contributed by atoms with Gasteiger partial charge >= 0.3 is 12.0 Å². The molecule has 2 rings (SSSR count). The van der Waals surface area contributed by atoms with Crippen LogP contribution < -0.4 is 10.6 Å². The molecule has 0 heterocycles. The van der Waals surface area contributed by atoms with Gasteiger partial charge < -0.3 is 15.4 Å². The molecule has 0 aromatic heterocycles. The highest BCUT2D eigenvalue weighted by Gasteiger charge is 2.17. The number of rotatable bonds is 4. The van der Waals surface area contributed by atoms with Crippen LogP contribution in [0.3, 0.4) is 0 Å². The molecule has 1 fully saturated rings. The molecule has 0 spiro atoms. The Kier molecular flexibility index (Phi) is 4.18. The molecule has 1 saturated carbocycles. The molecule has 5 nitrogen and oxygen atoms in total. The molecular weight excluding hydrogens is 244 g/mol. The maximum atomic E-state index is 11.6. The average Bonchev–Trinajstić information content (AvgIpc) is 3.22. The molecule has 1 aromatic carbocycles. The zero-order valence-electron chi connectivity index (χ0n) is 10.7. The Bertz CT molecular complexity index is 507. The second-order valence-corrected chi connectivity index (χ2v) is 4.37. The predicted octanol–water partition coefficient (Wildman–Crippen LogP) is 2.52. The number of carbonyl (C=O) groups excluding carboxylic acids is 2. The Morgan fingerprint density at radius 3 is 2.84 bits per heavy atom. The van der Waals surface area contributed by atoms with Crippen molar-refractivity contribution in [1.82, 2.24) is 5.32 Å². The molecule has 1 aromatic rings. The van der Waals surface area contributed by atoms with Gasteiger partial charge in [0, 0.05) is 11.9 Å². The molecule has 2 N–H and O–H groups in total. The van der Waals surface area contributed by atoms with Gasteiger partial charge in [0.1, 0.15) is 0 Å². The molecule has 0 unspecified atom stereocenters. The first-order chi connectivity index (χ1) is 9.19. The number of benzene rings is 1. The summed E-state index contributed by atoms with van der Waals surface area (Å²) in [5.41, 5.74) is 0.939. The molecule has 0 aliphatic heterocycles. The second kappa shape index (κ2) is 6.04. The highest BCUT2D eigenvalue weighted by Crippen LogP contribution is 2.29. The maximum absolute atomic E-state index is 11.6. The van der Waals surface area contributed by atoms with E-state index >= 15 is 0 Å². The minimum Gasteiger partial charge on any atom is -0.465 e. The fourth-order valence-corrected chi connectivity index (χ4v) is 1.56. The van der Waals surface area contributed by atoms with Crippen LogP contribution in [0.25, 0.3) is 0 Å². The summed E-state index contributed by atoms with van der Waals surface area (Å²) in [4.78, 5) is 22.9. The van der Waals surface area contributed by atoms with E-state index < -0.39 is 5.97 Å². The van der Waals surface area contributed by atoms with Crippen LogP contribution in [-0.2, 0) is 4.74 Å². The van der Waals surface area contributed by atoms with E-state index in [0.29, 0.717) is 17.2 Å². The lowest BCUT2D eigenvalue weighted by atomic mass is 10.2. The van der Waals surface area contributed by atoms with Crippen molar-refractivity contribution in [2.24, 2.45) is 5.92 Å². The van der Waals surface area contributed by atoms with E-state index in [1.165, 1.54) is 20.0 Å². The lowest BCUT2D eigenvalue weighted by Crippen LogP contribution is -2.24. The monoisotopic (exact) mass is 260 g/mol. The third-order valence-electron chi connectivity index (χ3n) is 2.75. The summed E-state index contributed by atoms with van der Waals surface area (Å²) >= 11 is 0. The molecule has 0 radical (unpaired) electrons. The van der Waals surface area contributed by atoms with E-state index in [-0.39, 0.29) is 6.03 Å². The van der Waals surface area contributed by atoms with Crippen LogP contribution in [0.5, 0.6) is 0 Å². The van der Waals surface area contributed by atoms with Crippen LogP contribution in [0.1, 0.15) is 23.2 Å².